The number of fused-ring (bicyclic) bond motifs is 2. The maximum absolute atomic E-state index is 13.2. The Bertz CT molecular complexity index is 1470. The second-order valence-corrected chi connectivity index (χ2v) is 7.43. The Morgan fingerprint density at radius 3 is 2.31 bits per heavy atom. The van der Waals surface area contributed by atoms with Crippen molar-refractivity contribution in [1.82, 2.24) is 14.6 Å². The molecule has 0 aliphatic heterocycles. The first kappa shape index (κ1) is 19.4. The molecule has 5 aromatic rings. The molecule has 7 heteroatoms. The van der Waals surface area contributed by atoms with Gasteiger partial charge in [0.05, 0.1) is 17.2 Å². The lowest BCUT2D eigenvalue weighted by atomic mass is 10.2. The molecule has 1 amide bonds. The normalized spacial score (nSPS) is 11.4. The zero-order valence-corrected chi connectivity index (χ0v) is 17.4. The van der Waals surface area contributed by atoms with E-state index in [1.807, 2.05) is 85.8 Å². The summed E-state index contributed by atoms with van der Waals surface area (Å²) < 4.78 is 1.47. The number of carbonyl (C=O) groups excluding carboxylic acids is 1. The van der Waals surface area contributed by atoms with Crippen molar-refractivity contribution >= 4 is 45.8 Å². The van der Waals surface area contributed by atoms with Crippen LogP contribution >= 0.6 is 0 Å². The minimum atomic E-state index is -0.368. The first-order valence-electron chi connectivity index (χ1n) is 10.1. The maximum atomic E-state index is 13.2. The number of carbonyl (C=O) groups is 1. The molecule has 0 fully saturated rings. The quantitative estimate of drug-likeness (QED) is 0.415. The van der Waals surface area contributed by atoms with Gasteiger partial charge in [-0.15, -0.1) is 0 Å². The third-order valence-electron chi connectivity index (χ3n) is 5.13. The van der Waals surface area contributed by atoms with Crippen molar-refractivity contribution in [2.24, 2.45) is 5.10 Å². The number of hydrogen-bond donors (Lipinski definition) is 2. The Hall–Kier alpha value is -4.52. The summed E-state index contributed by atoms with van der Waals surface area (Å²) in [6.07, 6.45) is 1.69. The van der Waals surface area contributed by atoms with E-state index in [0.29, 0.717) is 27.9 Å². The Labute approximate surface area is 184 Å². The van der Waals surface area contributed by atoms with E-state index in [1.165, 1.54) is 4.68 Å². The lowest BCUT2D eigenvalue weighted by Crippen LogP contribution is -2.14. The van der Waals surface area contributed by atoms with Gasteiger partial charge in [0, 0.05) is 5.69 Å². The summed E-state index contributed by atoms with van der Waals surface area (Å²) >= 11 is 0. The predicted molar refractivity (Wildman–Crippen MR) is 128 cm³/mol. The average Bonchev–Trinajstić information content (AvgIpc) is 3.08. The van der Waals surface area contributed by atoms with Crippen molar-refractivity contribution in [3.05, 3.63) is 95.6 Å². The minimum absolute atomic E-state index is 0.173. The minimum Gasteiger partial charge on any atom is -0.383 e. The van der Waals surface area contributed by atoms with Gasteiger partial charge in [0.15, 0.2) is 5.65 Å². The number of aryl methyl sites for hydroxylation is 1. The van der Waals surface area contributed by atoms with Crippen molar-refractivity contribution in [2.75, 3.05) is 11.1 Å². The van der Waals surface area contributed by atoms with Gasteiger partial charge < -0.3 is 11.1 Å². The lowest BCUT2D eigenvalue weighted by molar-refractivity contribution is 0.102. The van der Waals surface area contributed by atoms with Crippen molar-refractivity contribution in [3.8, 4) is 0 Å². The molecule has 2 heterocycles. The fourth-order valence-electron chi connectivity index (χ4n) is 3.48. The number of para-hydroxylation sites is 3. The summed E-state index contributed by atoms with van der Waals surface area (Å²) in [5.74, 6) is -0.195. The van der Waals surface area contributed by atoms with Crippen molar-refractivity contribution < 1.29 is 4.79 Å². The molecule has 0 bridgehead atoms. The van der Waals surface area contributed by atoms with Crippen LogP contribution < -0.4 is 11.1 Å². The van der Waals surface area contributed by atoms with Crippen LogP contribution in [0.4, 0.5) is 11.5 Å². The Balaban J connectivity index is 1.67. The van der Waals surface area contributed by atoms with Crippen LogP contribution in [-0.2, 0) is 0 Å². The van der Waals surface area contributed by atoms with E-state index in [2.05, 4.69) is 10.4 Å². The van der Waals surface area contributed by atoms with E-state index in [0.717, 1.165) is 11.1 Å². The van der Waals surface area contributed by atoms with Crippen LogP contribution in [0.1, 0.15) is 21.5 Å². The van der Waals surface area contributed by atoms with E-state index in [1.54, 1.807) is 6.21 Å². The van der Waals surface area contributed by atoms with E-state index >= 15 is 0 Å². The molecule has 3 N–H and O–H groups in total. The fraction of sp³-hybridized carbons (Fsp3) is 0.0400. The SMILES string of the molecule is Cc1ccc(/C=N\n2c(N)c(C(=O)Nc3ccccc3)c3nc4ccccc4nc32)cc1. The molecule has 2 aromatic heterocycles. The Morgan fingerprint density at radius 1 is 0.938 bits per heavy atom. The van der Waals surface area contributed by atoms with Crippen molar-refractivity contribution in [1.29, 1.82) is 0 Å². The summed E-state index contributed by atoms with van der Waals surface area (Å²) in [6, 6.07) is 24.6. The number of nitrogens with one attached hydrogen (secondary N) is 1. The second kappa shape index (κ2) is 7.96. The van der Waals surface area contributed by atoms with Gasteiger partial charge in [-0.3, -0.25) is 4.79 Å². The standard InChI is InChI=1S/C25H20N6O/c1-16-11-13-17(14-12-16)15-27-31-23(26)21(25(32)28-18-7-3-2-4-8-18)22-24(31)30-20-10-6-5-9-19(20)29-22/h2-15H,26H2,1H3,(H,28,32)/b27-15-. The van der Waals surface area contributed by atoms with Crippen LogP contribution in [-0.4, -0.2) is 26.8 Å². The number of hydrogen-bond acceptors (Lipinski definition) is 5. The largest absolute Gasteiger partial charge is 0.383 e. The molecule has 0 spiro atoms. The predicted octanol–water partition coefficient (Wildman–Crippen LogP) is 4.61. The summed E-state index contributed by atoms with van der Waals surface area (Å²) in [7, 11) is 0. The Morgan fingerprint density at radius 2 is 1.59 bits per heavy atom. The number of nitrogen functional groups attached to an aromatic ring is 1. The molecule has 0 unspecified atom stereocenters. The smallest absolute Gasteiger partial charge is 0.261 e. The molecule has 0 aliphatic rings. The van der Waals surface area contributed by atoms with Gasteiger partial charge in [-0.05, 0) is 36.8 Å². The van der Waals surface area contributed by atoms with E-state index in [4.69, 9.17) is 15.7 Å². The number of anilines is 2. The second-order valence-electron chi connectivity index (χ2n) is 7.43. The maximum Gasteiger partial charge on any atom is 0.261 e. The third kappa shape index (κ3) is 3.56. The van der Waals surface area contributed by atoms with Crippen LogP contribution in [0.15, 0.2) is 84.0 Å². The molecule has 0 saturated carbocycles. The highest BCUT2D eigenvalue weighted by molar-refractivity contribution is 6.16. The molecule has 0 saturated heterocycles. The molecule has 3 aromatic carbocycles. The lowest BCUT2D eigenvalue weighted by Gasteiger charge is -2.05. The first-order valence-corrected chi connectivity index (χ1v) is 10.1. The number of nitrogens with zero attached hydrogens (tertiary/aromatic N) is 4. The molecular weight excluding hydrogens is 400 g/mol. The van der Waals surface area contributed by atoms with E-state index in [-0.39, 0.29) is 17.3 Å². The zero-order chi connectivity index (χ0) is 22.1. The fourth-order valence-corrected chi connectivity index (χ4v) is 3.48. The Kier molecular flexibility index (Phi) is 4.84. The number of amides is 1. The number of aromatic nitrogens is 3. The molecule has 5 rings (SSSR count). The van der Waals surface area contributed by atoms with E-state index < -0.39 is 0 Å². The van der Waals surface area contributed by atoms with Gasteiger partial charge in [0.25, 0.3) is 5.91 Å². The third-order valence-corrected chi connectivity index (χ3v) is 5.13. The van der Waals surface area contributed by atoms with Crippen LogP contribution in [0.3, 0.4) is 0 Å². The average molecular weight is 420 g/mol. The van der Waals surface area contributed by atoms with Crippen LogP contribution in [0, 0.1) is 6.92 Å². The van der Waals surface area contributed by atoms with Gasteiger partial charge in [0.2, 0.25) is 0 Å². The highest BCUT2D eigenvalue weighted by Gasteiger charge is 2.24. The molecule has 156 valence electrons. The molecule has 32 heavy (non-hydrogen) atoms. The molecule has 7 nitrogen and oxygen atoms in total. The first-order chi connectivity index (χ1) is 15.6. The highest BCUT2D eigenvalue weighted by Crippen LogP contribution is 2.28. The number of nitrogens with two attached hydrogens (primary N) is 1. The monoisotopic (exact) mass is 420 g/mol. The van der Waals surface area contributed by atoms with Crippen LogP contribution in [0.25, 0.3) is 22.2 Å². The van der Waals surface area contributed by atoms with Gasteiger partial charge in [-0.25, -0.2) is 9.97 Å². The van der Waals surface area contributed by atoms with Crippen LogP contribution in [0.5, 0.6) is 0 Å². The highest BCUT2D eigenvalue weighted by atomic mass is 16.1. The molecular formula is C25H20N6O. The summed E-state index contributed by atoms with van der Waals surface area (Å²) in [4.78, 5) is 22.6. The molecule has 0 aliphatic carbocycles. The van der Waals surface area contributed by atoms with Gasteiger partial charge >= 0.3 is 0 Å². The number of rotatable bonds is 4. The van der Waals surface area contributed by atoms with Gasteiger partial charge in [-0.1, -0.05) is 60.2 Å². The summed E-state index contributed by atoms with van der Waals surface area (Å²) in [6.45, 7) is 2.02. The van der Waals surface area contributed by atoms with Gasteiger partial charge in [-0.2, -0.15) is 9.78 Å². The molecule has 0 radical (unpaired) electrons. The summed E-state index contributed by atoms with van der Waals surface area (Å²) in [5, 5.41) is 7.42. The zero-order valence-electron chi connectivity index (χ0n) is 17.4. The topological polar surface area (TPSA) is 98.2 Å². The van der Waals surface area contributed by atoms with Crippen LogP contribution in [0.2, 0.25) is 0 Å². The van der Waals surface area contributed by atoms with Crippen molar-refractivity contribution in [3.63, 3.8) is 0 Å². The molecule has 0 atom stereocenters. The van der Waals surface area contributed by atoms with Crippen molar-refractivity contribution in [2.45, 2.75) is 6.92 Å². The van der Waals surface area contributed by atoms with E-state index in [9.17, 15) is 4.79 Å². The number of benzene rings is 3. The summed E-state index contributed by atoms with van der Waals surface area (Å²) in [5.41, 5.74) is 11.6. The van der Waals surface area contributed by atoms with Gasteiger partial charge in [0.1, 0.15) is 16.9 Å².